The number of hydrazone groups is 1. The van der Waals surface area contributed by atoms with Crippen LogP contribution >= 0.6 is 0 Å². The average molecular weight is 422 g/mol. The van der Waals surface area contributed by atoms with Crippen LogP contribution in [0.1, 0.15) is 38.5 Å². The molecule has 1 aliphatic heterocycles. The number of rotatable bonds is 7. The Morgan fingerprint density at radius 1 is 1.10 bits per heavy atom. The maximum atomic E-state index is 12.9. The fourth-order valence-corrected chi connectivity index (χ4v) is 4.03. The SMILES string of the molecule is NC(=O)C1CC(C(=O)Nc2ncccc2OCC2CCCCC2)=NN1c1ccccc1. The van der Waals surface area contributed by atoms with E-state index in [1.165, 1.54) is 37.1 Å². The Bertz CT molecular complexity index is 957. The van der Waals surface area contributed by atoms with Crippen molar-refractivity contribution in [2.45, 2.75) is 44.6 Å². The van der Waals surface area contributed by atoms with E-state index in [1.807, 2.05) is 30.3 Å². The summed E-state index contributed by atoms with van der Waals surface area (Å²) in [6.45, 7) is 0.612. The number of hydrogen-bond donors (Lipinski definition) is 2. The van der Waals surface area contributed by atoms with Crippen molar-refractivity contribution in [3.8, 4) is 5.75 Å². The van der Waals surface area contributed by atoms with Crippen molar-refractivity contribution in [2.75, 3.05) is 16.9 Å². The first-order valence-corrected chi connectivity index (χ1v) is 10.7. The number of hydrogen-bond acceptors (Lipinski definition) is 6. The number of aromatic nitrogens is 1. The maximum absolute atomic E-state index is 12.9. The van der Waals surface area contributed by atoms with E-state index in [0.29, 0.717) is 29.8 Å². The highest BCUT2D eigenvalue weighted by atomic mass is 16.5. The lowest BCUT2D eigenvalue weighted by Crippen LogP contribution is -2.39. The van der Waals surface area contributed by atoms with Gasteiger partial charge < -0.3 is 15.8 Å². The fraction of sp³-hybridized carbons (Fsp3) is 0.391. The van der Waals surface area contributed by atoms with Crippen LogP contribution < -0.4 is 20.8 Å². The van der Waals surface area contributed by atoms with Gasteiger partial charge in [0.15, 0.2) is 11.6 Å². The van der Waals surface area contributed by atoms with Gasteiger partial charge in [-0.3, -0.25) is 14.6 Å². The van der Waals surface area contributed by atoms with Crippen LogP contribution in [0.4, 0.5) is 11.5 Å². The highest BCUT2D eigenvalue weighted by Crippen LogP contribution is 2.28. The van der Waals surface area contributed by atoms with Gasteiger partial charge in [0.05, 0.1) is 12.3 Å². The number of para-hydroxylation sites is 1. The molecule has 1 unspecified atom stereocenters. The number of benzene rings is 1. The first kappa shape index (κ1) is 20.8. The van der Waals surface area contributed by atoms with Crippen LogP contribution in [0.2, 0.25) is 0 Å². The third-order valence-corrected chi connectivity index (χ3v) is 5.72. The normalized spacial score (nSPS) is 19.0. The van der Waals surface area contributed by atoms with Crippen LogP contribution in [0.5, 0.6) is 5.75 Å². The number of carbonyl (C=O) groups excluding carboxylic acids is 2. The Morgan fingerprint density at radius 2 is 1.87 bits per heavy atom. The van der Waals surface area contributed by atoms with Crippen LogP contribution in [-0.2, 0) is 9.59 Å². The molecule has 2 amide bonds. The number of nitrogens with two attached hydrogens (primary N) is 1. The molecule has 0 spiro atoms. The summed E-state index contributed by atoms with van der Waals surface area (Å²) in [5.41, 5.74) is 6.47. The molecule has 1 aromatic heterocycles. The zero-order valence-corrected chi connectivity index (χ0v) is 17.4. The monoisotopic (exact) mass is 421 g/mol. The van der Waals surface area contributed by atoms with Gasteiger partial charge in [-0.1, -0.05) is 37.5 Å². The van der Waals surface area contributed by atoms with Crippen molar-refractivity contribution < 1.29 is 14.3 Å². The lowest BCUT2D eigenvalue weighted by atomic mass is 9.90. The summed E-state index contributed by atoms with van der Waals surface area (Å²) in [7, 11) is 0. The van der Waals surface area contributed by atoms with E-state index in [1.54, 1.807) is 18.3 Å². The number of nitrogens with zero attached hydrogens (tertiary/aromatic N) is 3. The molecule has 2 aliphatic rings. The summed E-state index contributed by atoms with van der Waals surface area (Å²) in [5.74, 6) is 0.453. The third kappa shape index (κ3) is 5.02. The molecule has 8 nitrogen and oxygen atoms in total. The number of nitrogens with one attached hydrogen (secondary N) is 1. The summed E-state index contributed by atoms with van der Waals surface area (Å²) >= 11 is 0. The van der Waals surface area contributed by atoms with Gasteiger partial charge >= 0.3 is 0 Å². The molecule has 1 saturated carbocycles. The lowest BCUT2D eigenvalue weighted by molar-refractivity contribution is -0.119. The van der Waals surface area contributed by atoms with E-state index >= 15 is 0 Å². The quantitative estimate of drug-likeness (QED) is 0.714. The predicted octanol–water partition coefficient (Wildman–Crippen LogP) is 3.10. The number of ether oxygens (including phenoxy) is 1. The molecule has 1 aliphatic carbocycles. The van der Waals surface area contributed by atoms with Crippen molar-refractivity contribution in [1.29, 1.82) is 0 Å². The molecule has 1 atom stereocenters. The summed E-state index contributed by atoms with van der Waals surface area (Å²) in [6, 6.07) is 12.0. The van der Waals surface area contributed by atoms with Gasteiger partial charge in [0.25, 0.3) is 5.91 Å². The Kier molecular flexibility index (Phi) is 6.45. The maximum Gasteiger partial charge on any atom is 0.273 e. The molecule has 162 valence electrons. The second-order valence-corrected chi connectivity index (χ2v) is 7.97. The van der Waals surface area contributed by atoms with E-state index in [2.05, 4.69) is 15.4 Å². The van der Waals surface area contributed by atoms with Gasteiger partial charge in [0, 0.05) is 12.6 Å². The number of pyridine rings is 1. The van der Waals surface area contributed by atoms with Crippen molar-refractivity contribution in [1.82, 2.24) is 4.98 Å². The Morgan fingerprint density at radius 3 is 2.61 bits per heavy atom. The van der Waals surface area contributed by atoms with Gasteiger partial charge in [-0.15, -0.1) is 0 Å². The average Bonchev–Trinajstić information content (AvgIpc) is 3.26. The molecule has 1 aromatic carbocycles. The molecule has 1 fully saturated rings. The first-order chi connectivity index (χ1) is 15.1. The minimum Gasteiger partial charge on any atom is -0.489 e. The van der Waals surface area contributed by atoms with Crippen molar-refractivity contribution in [3.05, 3.63) is 48.7 Å². The van der Waals surface area contributed by atoms with Gasteiger partial charge in [-0.25, -0.2) is 4.98 Å². The van der Waals surface area contributed by atoms with Gasteiger partial charge in [0.2, 0.25) is 5.91 Å². The van der Waals surface area contributed by atoms with E-state index in [9.17, 15) is 9.59 Å². The van der Waals surface area contributed by atoms with E-state index < -0.39 is 17.9 Å². The molecule has 0 bridgehead atoms. The highest BCUT2D eigenvalue weighted by molar-refractivity contribution is 6.44. The minimum absolute atomic E-state index is 0.126. The molecular weight excluding hydrogens is 394 g/mol. The van der Waals surface area contributed by atoms with Crippen LogP contribution in [0.3, 0.4) is 0 Å². The molecule has 4 rings (SSSR count). The van der Waals surface area contributed by atoms with Gasteiger partial charge in [-0.2, -0.15) is 5.10 Å². The third-order valence-electron chi connectivity index (χ3n) is 5.72. The molecule has 31 heavy (non-hydrogen) atoms. The zero-order valence-electron chi connectivity index (χ0n) is 17.4. The van der Waals surface area contributed by atoms with Crippen LogP contribution in [-0.4, -0.2) is 35.2 Å². The van der Waals surface area contributed by atoms with E-state index in [4.69, 9.17) is 10.5 Å². The summed E-state index contributed by atoms with van der Waals surface area (Å²) in [4.78, 5) is 29.1. The second-order valence-electron chi connectivity index (χ2n) is 7.97. The summed E-state index contributed by atoms with van der Waals surface area (Å²) < 4.78 is 5.99. The molecule has 3 N–H and O–H groups in total. The number of primary amides is 1. The van der Waals surface area contributed by atoms with E-state index in [-0.39, 0.29) is 12.1 Å². The second kappa shape index (κ2) is 9.59. The Labute approximate surface area is 181 Å². The van der Waals surface area contributed by atoms with Crippen molar-refractivity contribution in [3.63, 3.8) is 0 Å². The smallest absolute Gasteiger partial charge is 0.273 e. The van der Waals surface area contributed by atoms with Gasteiger partial charge in [0.1, 0.15) is 11.8 Å². The number of carbonyl (C=O) groups is 2. The lowest BCUT2D eigenvalue weighted by Gasteiger charge is -2.22. The highest BCUT2D eigenvalue weighted by Gasteiger charge is 2.35. The molecule has 2 heterocycles. The molecule has 8 heteroatoms. The number of anilines is 2. The molecule has 0 saturated heterocycles. The zero-order chi connectivity index (χ0) is 21.6. The topological polar surface area (TPSA) is 110 Å². The van der Waals surface area contributed by atoms with Crippen LogP contribution in [0.15, 0.2) is 53.8 Å². The Balaban J connectivity index is 1.46. The largest absolute Gasteiger partial charge is 0.489 e. The summed E-state index contributed by atoms with van der Waals surface area (Å²) in [5, 5.41) is 8.66. The molecule has 0 radical (unpaired) electrons. The predicted molar refractivity (Wildman–Crippen MR) is 119 cm³/mol. The van der Waals surface area contributed by atoms with Crippen molar-refractivity contribution in [2.24, 2.45) is 16.8 Å². The van der Waals surface area contributed by atoms with Gasteiger partial charge in [-0.05, 0) is 43.0 Å². The molecular formula is C23H27N5O3. The summed E-state index contributed by atoms with van der Waals surface area (Å²) in [6.07, 6.45) is 7.83. The van der Waals surface area contributed by atoms with Crippen molar-refractivity contribution >= 4 is 29.0 Å². The first-order valence-electron chi connectivity index (χ1n) is 10.7. The van der Waals surface area contributed by atoms with Crippen LogP contribution in [0.25, 0.3) is 0 Å². The van der Waals surface area contributed by atoms with E-state index in [0.717, 1.165) is 0 Å². The molecule has 2 aromatic rings. The number of amides is 2. The minimum atomic E-state index is -0.714. The van der Waals surface area contributed by atoms with Crippen LogP contribution in [0, 0.1) is 5.92 Å². The standard InChI is InChI=1S/C23H27N5O3/c24-21(29)19-14-18(27-28(19)17-10-5-2-6-11-17)23(30)26-22-20(12-7-13-25-22)31-15-16-8-3-1-4-9-16/h2,5-7,10-13,16,19H,1,3-4,8-9,14-15H2,(H2,24,29)(H,25,26,30). The Hall–Kier alpha value is -3.42. The fourth-order valence-electron chi connectivity index (χ4n) is 4.03.